The third-order valence-corrected chi connectivity index (χ3v) is 5.28. The highest BCUT2D eigenvalue weighted by molar-refractivity contribution is 7.89. The van der Waals surface area contributed by atoms with Crippen molar-refractivity contribution in [2.24, 2.45) is 5.92 Å². The van der Waals surface area contributed by atoms with Crippen LogP contribution in [0.15, 0.2) is 23.1 Å². The maximum Gasteiger partial charge on any atom is 0.271 e. The lowest BCUT2D eigenvalue weighted by Crippen LogP contribution is -2.38. The van der Waals surface area contributed by atoms with Gasteiger partial charge < -0.3 is 5.32 Å². The summed E-state index contributed by atoms with van der Waals surface area (Å²) >= 11 is 5.84. The number of hydrogen-bond donors (Lipinski definition) is 2. The van der Waals surface area contributed by atoms with Crippen LogP contribution in [0.25, 0.3) is 0 Å². The van der Waals surface area contributed by atoms with Gasteiger partial charge in [0.1, 0.15) is 4.90 Å². The first kappa shape index (κ1) is 19.1. The summed E-state index contributed by atoms with van der Waals surface area (Å²) in [6.45, 7) is 2.05. The van der Waals surface area contributed by atoms with Gasteiger partial charge in [-0.3, -0.25) is 10.1 Å². The van der Waals surface area contributed by atoms with E-state index in [-0.39, 0.29) is 33.9 Å². The van der Waals surface area contributed by atoms with E-state index >= 15 is 0 Å². The Labute approximate surface area is 140 Å². The minimum atomic E-state index is -3.77. The molecule has 1 aliphatic heterocycles. The standard InChI is InChI=1S/C12H16ClN3O4S.ClH/c13-11-6-10(16(17)18)3-4-12(11)21(19,20)15-8-9-2-1-5-14-7-9;/h3-4,6,9,14-15H,1-2,5,7-8H2;1H. The van der Waals surface area contributed by atoms with Gasteiger partial charge in [0.25, 0.3) is 5.69 Å². The molecule has 1 unspecified atom stereocenters. The Balaban J connectivity index is 0.00000242. The molecule has 2 N–H and O–H groups in total. The van der Waals surface area contributed by atoms with Crippen LogP contribution in [-0.4, -0.2) is 33.0 Å². The summed E-state index contributed by atoms with van der Waals surface area (Å²) in [6, 6.07) is 3.32. The molecule has 7 nitrogen and oxygen atoms in total. The zero-order valence-corrected chi connectivity index (χ0v) is 14.0. The van der Waals surface area contributed by atoms with E-state index in [4.69, 9.17) is 11.6 Å². The number of rotatable bonds is 5. The monoisotopic (exact) mass is 369 g/mol. The second-order valence-corrected chi connectivity index (χ2v) is 7.08. The molecule has 0 amide bonds. The fraction of sp³-hybridized carbons (Fsp3) is 0.500. The predicted octanol–water partition coefficient (Wildman–Crippen LogP) is 1.95. The molecule has 2 rings (SSSR count). The molecular weight excluding hydrogens is 353 g/mol. The number of nitro benzene ring substituents is 1. The average Bonchev–Trinajstić information content (AvgIpc) is 2.46. The molecule has 124 valence electrons. The van der Waals surface area contributed by atoms with E-state index in [0.29, 0.717) is 6.54 Å². The third kappa shape index (κ3) is 4.79. The second kappa shape index (κ2) is 8.07. The van der Waals surface area contributed by atoms with Crippen molar-refractivity contribution in [3.8, 4) is 0 Å². The summed E-state index contributed by atoms with van der Waals surface area (Å²) < 4.78 is 26.9. The van der Waals surface area contributed by atoms with Crippen molar-refractivity contribution in [1.29, 1.82) is 0 Å². The fourth-order valence-electron chi connectivity index (χ4n) is 2.22. The third-order valence-electron chi connectivity index (χ3n) is 3.38. The zero-order chi connectivity index (χ0) is 15.5. The number of halogens is 2. The van der Waals surface area contributed by atoms with Gasteiger partial charge in [-0.15, -0.1) is 12.4 Å². The lowest BCUT2D eigenvalue weighted by molar-refractivity contribution is -0.384. The van der Waals surface area contributed by atoms with Crippen LogP contribution in [-0.2, 0) is 10.0 Å². The van der Waals surface area contributed by atoms with E-state index in [1.165, 1.54) is 0 Å². The Bertz CT molecular complexity index is 633. The Morgan fingerprint density at radius 1 is 1.45 bits per heavy atom. The SMILES string of the molecule is Cl.O=[N+]([O-])c1ccc(S(=O)(=O)NCC2CCCNC2)c(Cl)c1. The largest absolute Gasteiger partial charge is 0.316 e. The summed E-state index contributed by atoms with van der Waals surface area (Å²) in [5, 5.41) is 13.7. The van der Waals surface area contributed by atoms with Gasteiger partial charge in [-0.25, -0.2) is 13.1 Å². The summed E-state index contributed by atoms with van der Waals surface area (Å²) in [5.74, 6) is 0.241. The molecule has 0 spiro atoms. The van der Waals surface area contributed by atoms with Crippen molar-refractivity contribution in [3.63, 3.8) is 0 Å². The first-order chi connectivity index (χ1) is 9.90. The molecule has 0 aromatic heterocycles. The van der Waals surface area contributed by atoms with Crippen LogP contribution in [0.4, 0.5) is 5.69 Å². The molecule has 1 atom stereocenters. The molecule has 0 aliphatic carbocycles. The molecule has 1 aromatic rings. The molecular formula is C12H17Cl2N3O4S. The molecule has 0 radical (unpaired) electrons. The summed E-state index contributed by atoms with van der Waals surface area (Å²) in [4.78, 5) is 9.86. The number of nitro groups is 1. The van der Waals surface area contributed by atoms with Gasteiger partial charge in [-0.2, -0.15) is 0 Å². The Kier molecular flexibility index (Phi) is 7.01. The van der Waals surface area contributed by atoms with Gasteiger partial charge in [0.2, 0.25) is 10.0 Å². The summed E-state index contributed by atoms with van der Waals surface area (Å²) in [6.07, 6.45) is 1.98. The summed E-state index contributed by atoms with van der Waals surface area (Å²) in [5.41, 5.74) is -0.240. The van der Waals surface area contributed by atoms with E-state index < -0.39 is 14.9 Å². The first-order valence-electron chi connectivity index (χ1n) is 6.54. The molecule has 0 saturated carbocycles. The van der Waals surface area contributed by atoms with Crippen molar-refractivity contribution in [2.45, 2.75) is 17.7 Å². The number of nitrogens with zero attached hydrogens (tertiary/aromatic N) is 1. The molecule has 1 heterocycles. The van der Waals surface area contributed by atoms with Crippen LogP contribution in [0.5, 0.6) is 0 Å². The van der Waals surface area contributed by atoms with Crippen molar-refractivity contribution < 1.29 is 13.3 Å². The van der Waals surface area contributed by atoms with Gasteiger partial charge in [-0.05, 0) is 37.9 Å². The number of non-ortho nitro benzene ring substituents is 1. The molecule has 22 heavy (non-hydrogen) atoms. The minimum absolute atomic E-state index is 0. The van der Waals surface area contributed by atoms with E-state index in [1.807, 2.05) is 0 Å². The van der Waals surface area contributed by atoms with Gasteiger partial charge >= 0.3 is 0 Å². The number of benzene rings is 1. The lowest BCUT2D eigenvalue weighted by Gasteiger charge is -2.22. The molecule has 1 aromatic carbocycles. The van der Waals surface area contributed by atoms with E-state index in [1.54, 1.807) is 0 Å². The molecule has 0 bridgehead atoms. The zero-order valence-electron chi connectivity index (χ0n) is 11.6. The smallest absolute Gasteiger partial charge is 0.271 e. The number of nitrogens with one attached hydrogen (secondary N) is 2. The Hall–Kier alpha value is -0.930. The van der Waals surface area contributed by atoms with Crippen molar-refractivity contribution >= 4 is 39.7 Å². The summed E-state index contributed by atoms with van der Waals surface area (Å²) in [7, 11) is -3.77. The Morgan fingerprint density at radius 2 is 2.18 bits per heavy atom. The quantitative estimate of drug-likeness (QED) is 0.609. The van der Waals surface area contributed by atoms with E-state index in [0.717, 1.165) is 44.1 Å². The van der Waals surface area contributed by atoms with Crippen molar-refractivity contribution in [1.82, 2.24) is 10.0 Å². The van der Waals surface area contributed by atoms with Crippen molar-refractivity contribution in [3.05, 3.63) is 33.3 Å². The molecule has 10 heteroatoms. The van der Waals surface area contributed by atoms with E-state index in [9.17, 15) is 18.5 Å². The number of sulfonamides is 1. The molecule has 1 aliphatic rings. The average molecular weight is 370 g/mol. The number of piperidine rings is 1. The first-order valence-corrected chi connectivity index (χ1v) is 8.40. The van der Waals surface area contributed by atoms with Crippen LogP contribution < -0.4 is 10.0 Å². The van der Waals surface area contributed by atoms with Crippen LogP contribution in [0.3, 0.4) is 0 Å². The second-order valence-electron chi connectivity index (χ2n) is 4.94. The van der Waals surface area contributed by atoms with Crippen LogP contribution in [0.1, 0.15) is 12.8 Å². The van der Waals surface area contributed by atoms with Crippen LogP contribution in [0.2, 0.25) is 5.02 Å². The predicted molar refractivity (Wildman–Crippen MR) is 86.1 cm³/mol. The van der Waals surface area contributed by atoms with Gasteiger partial charge in [0.15, 0.2) is 0 Å². The maximum atomic E-state index is 12.2. The maximum absolute atomic E-state index is 12.2. The number of hydrogen-bond acceptors (Lipinski definition) is 5. The topological polar surface area (TPSA) is 101 Å². The highest BCUT2D eigenvalue weighted by atomic mass is 35.5. The lowest BCUT2D eigenvalue weighted by atomic mass is 10.0. The fourth-order valence-corrected chi connectivity index (χ4v) is 3.88. The highest BCUT2D eigenvalue weighted by Gasteiger charge is 2.22. The van der Waals surface area contributed by atoms with Crippen molar-refractivity contribution in [2.75, 3.05) is 19.6 Å². The van der Waals surface area contributed by atoms with E-state index in [2.05, 4.69) is 10.0 Å². The van der Waals surface area contributed by atoms with Crippen LogP contribution >= 0.6 is 24.0 Å². The normalized spacial score (nSPS) is 18.5. The van der Waals surface area contributed by atoms with Gasteiger partial charge in [0.05, 0.1) is 9.95 Å². The van der Waals surface area contributed by atoms with Gasteiger partial charge in [-0.1, -0.05) is 11.6 Å². The Morgan fingerprint density at radius 3 is 2.73 bits per heavy atom. The highest BCUT2D eigenvalue weighted by Crippen LogP contribution is 2.26. The molecule has 1 fully saturated rings. The van der Waals surface area contributed by atoms with Crippen LogP contribution in [0, 0.1) is 16.0 Å². The molecule has 1 saturated heterocycles. The minimum Gasteiger partial charge on any atom is -0.316 e. The van der Waals surface area contributed by atoms with Gasteiger partial charge in [0, 0.05) is 18.7 Å².